The molecule has 0 saturated carbocycles. The van der Waals surface area contributed by atoms with E-state index in [0.29, 0.717) is 55.3 Å². The Labute approximate surface area is 247 Å². The van der Waals surface area contributed by atoms with Gasteiger partial charge in [-0.3, -0.25) is 24.4 Å². The number of likely N-dealkylation sites (tertiary alicyclic amines) is 1. The molecule has 42 heavy (non-hydrogen) atoms. The molecule has 7 nitrogen and oxygen atoms in total. The van der Waals surface area contributed by atoms with Crippen LogP contribution in [-0.4, -0.2) is 69.6 Å². The summed E-state index contributed by atoms with van der Waals surface area (Å²) in [6.45, 7) is 9.53. The minimum absolute atomic E-state index is 0.0232. The molecule has 2 aliphatic rings. The minimum atomic E-state index is -0.247. The van der Waals surface area contributed by atoms with Crippen LogP contribution in [0.15, 0.2) is 66.9 Å². The monoisotopic (exact) mass is 567 g/mol. The van der Waals surface area contributed by atoms with Gasteiger partial charge < -0.3 is 4.90 Å². The number of piperazine rings is 1. The third-order valence-electron chi connectivity index (χ3n) is 8.61. The Bertz CT molecular complexity index is 1420. The standard InChI is InChI=1S/C34H38FN5O2/c1-34(2)24-39(17-18-40(34)23-28-7-10-30(35)11-8-28)33(42)29-9-12-31(37-21-29)32(41)19-25-13-15-38(16-14-25)22-27-5-3-26(20-36)4-6-27/h3-12,21,25H,13-19,22-24H2,1-2H3. The molecule has 2 aliphatic heterocycles. The number of amides is 1. The van der Waals surface area contributed by atoms with Crippen molar-refractivity contribution < 1.29 is 14.0 Å². The summed E-state index contributed by atoms with van der Waals surface area (Å²) in [4.78, 5) is 37.3. The van der Waals surface area contributed by atoms with E-state index in [1.807, 2.05) is 29.2 Å². The van der Waals surface area contributed by atoms with Crippen LogP contribution in [0.25, 0.3) is 0 Å². The first-order chi connectivity index (χ1) is 20.2. The van der Waals surface area contributed by atoms with Gasteiger partial charge in [0.1, 0.15) is 11.5 Å². The Morgan fingerprint density at radius 3 is 2.21 bits per heavy atom. The number of carbonyl (C=O) groups excluding carboxylic acids is 2. The maximum atomic E-state index is 13.3. The fourth-order valence-corrected chi connectivity index (χ4v) is 5.99. The lowest BCUT2D eigenvalue weighted by Gasteiger charge is -2.47. The number of ketones is 1. The van der Waals surface area contributed by atoms with Crippen LogP contribution in [0.2, 0.25) is 0 Å². The van der Waals surface area contributed by atoms with Gasteiger partial charge in [-0.25, -0.2) is 4.39 Å². The lowest BCUT2D eigenvalue weighted by Crippen LogP contribution is -2.59. The SMILES string of the molecule is CC1(C)CN(C(=O)c2ccc(C(=O)CC3CCN(Cc4ccc(C#N)cc4)CC3)nc2)CCN1Cc1ccc(F)cc1. The van der Waals surface area contributed by atoms with E-state index >= 15 is 0 Å². The number of halogens is 1. The average molecular weight is 568 g/mol. The number of rotatable bonds is 8. The van der Waals surface area contributed by atoms with Gasteiger partial charge in [0.15, 0.2) is 5.78 Å². The summed E-state index contributed by atoms with van der Waals surface area (Å²) in [6.07, 6.45) is 3.92. The second-order valence-corrected chi connectivity index (χ2v) is 12.2. The predicted octanol–water partition coefficient (Wildman–Crippen LogP) is 5.31. The second kappa shape index (κ2) is 12.9. The van der Waals surface area contributed by atoms with Gasteiger partial charge >= 0.3 is 0 Å². The van der Waals surface area contributed by atoms with Crippen LogP contribution in [0.4, 0.5) is 4.39 Å². The number of piperidine rings is 1. The first kappa shape index (κ1) is 29.6. The molecule has 0 unspecified atom stereocenters. The van der Waals surface area contributed by atoms with Crippen LogP contribution in [-0.2, 0) is 13.1 Å². The highest BCUT2D eigenvalue weighted by Crippen LogP contribution is 2.26. The number of Topliss-reactive ketones (excluding diaryl/α,β-unsaturated/α-hetero) is 1. The molecule has 2 aromatic carbocycles. The van der Waals surface area contributed by atoms with E-state index in [1.165, 1.54) is 23.9 Å². The molecule has 3 aromatic rings. The maximum absolute atomic E-state index is 13.3. The van der Waals surface area contributed by atoms with Crippen molar-refractivity contribution in [2.45, 2.75) is 51.7 Å². The lowest BCUT2D eigenvalue weighted by molar-refractivity contribution is 0.0138. The average Bonchev–Trinajstić information content (AvgIpc) is 3.00. The van der Waals surface area contributed by atoms with Crippen LogP contribution < -0.4 is 0 Å². The van der Waals surface area contributed by atoms with E-state index < -0.39 is 0 Å². The number of pyridine rings is 1. The molecule has 218 valence electrons. The summed E-state index contributed by atoms with van der Waals surface area (Å²) >= 11 is 0. The van der Waals surface area contributed by atoms with Crippen LogP contribution >= 0.6 is 0 Å². The summed E-state index contributed by atoms with van der Waals surface area (Å²) in [7, 11) is 0. The summed E-state index contributed by atoms with van der Waals surface area (Å²) in [5.74, 6) is 0.0272. The van der Waals surface area contributed by atoms with Crippen LogP contribution in [0.1, 0.15) is 70.6 Å². The van der Waals surface area contributed by atoms with Gasteiger partial charge in [-0.05, 0) is 93.2 Å². The van der Waals surface area contributed by atoms with Gasteiger partial charge in [-0.1, -0.05) is 24.3 Å². The van der Waals surface area contributed by atoms with Gasteiger partial charge in [0.25, 0.3) is 5.91 Å². The molecule has 0 atom stereocenters. The fraction of sp³-hybridized carbons (Fsp3) is 0.412. The van der Waals surface area contributed by atoms with Gasteiger partial charge in [0.05, 0.1) is 17.2 Å². The second-order valence-electron chi connectivity index (χ2n) is 12.2. The van der Waals surface area contributed by atoms with Gasteiger partial charge in [0.2, 0.25) is 0 Å². The molecule has 0 aliphatic carbocycles. The lowest BCUT2D eigenvalue weighted by atomic mass is 9.90. The number of nitrogens with zero attached hydrogens (tertiary/aromatic N) is 5. The van der Waals surface area contributed by atoms with Crippen LogP contribution in [0, 0.1) is 23.1 Å². The zero-order valence-electron chi connectivity index (χ0n) is 24.4. The highest BCUT2D eigenvalue weighted by Gasteiger charge is 2.36. The third kappa shape index (κ3) is 7.28. The van der Waals surface area contributed by atoms with Crippen molar-refractivity contribution in [1.82, 2.24) is 19.7 Å². The third-order valence-corrected chi connectivity index (χ3v) is 8.61. The summed E-state index contributed by atoms with van der Waals surface area (Å²) < 4.78 is 13.3. The first-order valence-corrected chi connectivity index (χ1v) is 14.7. The van der Waals surface area contributed by atoms with E-state index in [2.05, 4.69) is 34.7 Å². The van der Waals surface area contributed by atoms with Crippen molar-refractivity contribution in [2.75, 3.05) is 32.7 Å². The van der Waals surface area contributed by atoms with Crippen LogP contribution in [0.5, 0.6) is 0 Å². The van der Waals surface area contributed by atoms with E-state index in [4.69, 9.17) is 5.26 Å². The Balaban J connectivity index is 1.09. The van der Waals surface area contributed by atoms with Crippen molar-refractivity contribution in [3.63, 3.8) is 0 Å². The Morgan fingerprint density at radius 1 is 0.929 bits per heavy atom. The number of hydrogen-bond donors (Lipinski definition) is 0. The topological polar surface area (TPSA) is 80.5 Å². The molecule has 0 N–H and O–H groups in total. The van der Waals surface area contributed by atoms with Gasteiger partial charge in [-0.2, -0.15) is 5.26 Å². The van der Waals surface area contributed by atoms with E-state index in [-0.39, 0.29) is 23.0 Å². The van der Waals surface area contributed by atoms with Crippen molar-refractivity contribution in [1.29, 1.82) is 5.26 Å². The van der Waals surface area contributed by atoms with Crippen molar-refractivity contribution in [2.24, 2.45) is 5.92 Å². The number of hydrogen-bond acceptors (Lipinski definition) is 6. The molecule has 3 heterocycles. The zero-order chi connectivity index (χ0) is 29.7. The molecule has 8 heteroatoms. The highest BCUT2D eigenvalue weighted by atomic mass is 19.1. The van der Waals surface area contributed by atoms with Crippen molar-refractivity contribution in [3.8, 4) is 6.07 Å². The number of aromatic nitrogens is 1. The number of benzene rings is 2. The number of nitriles is 1. The maximum Gasteiger partial charge on any atom is 0.255 e. The molecule has 2 saturated heterocycles. The van der Waals surface area contributed by atoms with Crippen LogP contribution in [0.3, 0.4) is 0 Å². The largest absolute Gasteiger partial charge is 0.335 e. The Hall–Kier alpha value is -3.93. The number of carbonyl (C=O) groups is 2. The molecule has 0 bridgehead atoms. The van der Waals surface area contributed by atoms with Gasteiger partial charge in [-0.15, -0.1) is 0 Å². The predicted molar refractivity (Wildman–Crippen MR) is 159 cm³/mol. The molecule has 1 aromatic heterocycles. The summed E-state index contributed by atoms with van der Waals surface area (Å²) in [5, 5.41) is 8.98. The van der Waals surface area contributed by atoms with E-state index in [9.17, 15) is 14.0 Å². The Morgan fingerprint density at radius 2 is 1.60 bits per heavy atom. The minimum Gasteiger partial charge on any atom is -0.335 e. The van der Waals surface area contributed by atoms with E-state index in [0.717, 1.165) is 38.0 Å². The highest BCUT2D eigenvalue weighted by molar-refractivity contribution is 5.97. The zero-order valence-corrected chi connectivity index (χ0v) is 24.4. The smallest absolute Gasteiger partial charge is 0.255 e. The molecule has 1 amide bonds. The van der Waals surface area contributed by atoms with E-state index in [1.54, 1.807) is 24.3 Å². The summed E-state index contributed by atoms with van der Waals surface area (Å²) in [5.41, 5.74) is 3.56. The molecule has 5 rings (SSSR count). The van der Waals surface area contributed by atoms with Crippen molar-refractivity contribution in [3.05, 3.63) is 101 Å². The molecular formula is C34H38FN5O2. The fourth-order valence-electron chi connectivity index (χ4n) is 5.99. The van der Waals surface area contributed by atoms with Crippen molar-refractivity contribution >= 4 is 11.7 Å². The molecular weight excluding hydrogens is 529 g/mol. The normalized spacial score (nSPS) is 18.0. The first-order valence-electron chi connectivity index (χ1n) is 14.7. The molecule has 2 fully saturated rings. The molecule has 0 spiro atoms. The summed E-state index contributed by atoms with van der Waals surface area (Å²) in [6, 6.07) is 19.8. The quantitative estimate of drug-likeness (QED) is 0.343. The van der Waals surface area contributed by atoms with Gasteiger partial charge in [0, 0.05) is 50.9 Å². The Kier molecular flexibility index (Phi) is 9.10. The molecule has 0 radical (unpaired) electrons.